The monoisotopic (exact) mass is 237 g/mol. The first kappa shape index (κ1) is 13.0. The molecule has 0 N–H and O–H groups in total. The molecule has 0 saturated carbocycles. The van der Waals surface area contributed by atoms with Gasteiger partial charge in [0, 0.05) is 12.5 Å². The van der Waals surface area contributed by atoms with E-state index in [-0.39, 0.29) is 0 Å². The number of oxime groups is 1. The molecular formula is C12H15NO4. The Labute approximate surface area is 100.0 Å². The maximum absolute atomic E-state index is 10.7. The summed E-state index contributed by atoms with van der Waals surface area (Å²) in [5, 5.41) is 3.71. The van der Waals surface area contributed by atoms with Gasteiger partial charge in [0.05, 0.1) is 19.9 Å². The second kappa shape index (κ2) is 5.89. The van der Waals surface area contributed by atoms with Crippen molar-refractivity contribution in [1.82, 2.24) is 0 Å². The Bertz CT molecular complexity index is 440. The molecule has 0 aliphatic heterocycles. The van der Waals surface area contributed by atoms with Crippen LogP contribution in [0.2, 0.25) is 0 Å². The maximum Gasteiger partial charge on any atom is 0.331 e. The standard InChI is InChI=1S/C12H15NO4/c1-8(13-17-9(2)14)11-7-10(15-3)5-6-12(11)16-4/h5-7H,1-4H3/b13-8+. The summed E-state index contributed by atoms with van der Waals surface area (Å²) >= 11 is 0. The third kappa shape index (κ3) is 3.48. The van der Waals surface area contributed by atoms with Crippen molar-refractivity contribution in [3.63, 3.8) is 0 Å². The fourth-order valence-corrected chi connectivity index (χ4v) is 1.28. The van der Waals surface area contributed by atoms with Crippen molar-refractivity contribution in [2.24, 2.45) is 5.16 Å². The molecule has 1 aromatic rings. The van der Waals surface area contributed by atoms with E-state index in [1.165, 1.54) is 6.92 Å². The normalized spacial score (nSPS) is 10.9. The largest absolute Gasteiger partial charge is 0.497 e. The highest BCUT2D eigenvalue weighted by Crippen LogP contribution is 2.24. The third-order valence-electron chi connectivity index (χ3n) is 2.11. The van der Waals surface area contributed by atoms with Crippen molar-refractivity contribution in [1.29, 1.82) is 0 Å². The summed E-state index contributed by atoms with van der Waals surface area (Å²) in [4.78, 5) is 15.3. The summed E-state index contributed by atoms with van der Waals surface area (Å²) in [6, 6.07) is 5.31. The second-order valence-corrected chi connectivity index (χ2v) is 3.33. The van der Waals surface area contributed by atoms with E-state index < -0.39 is 5.97 Å². The lowest BCUT2D eigenvalue weighted by Crippen LogP contribution is -2.02. The summed E-state index contributed by atoms with van der Waals surface area (Å²) in [6.45, 7) is 3.01. The van der Waals surface area contributed by atoms with E-state index >= 15 is 0 Å². The number of rotatable bonds is 4. The molecule has 0 aliphatic carbocycles. The van der Waals surface area contributed by atoms with E-state index in [1.54, 1.807) is 39.3 Å². The molecule has 0 radical (unpaired) electrons. The molecule has 92 valence electrons. The first-order chi connectivity index (χ1) is 8.08. The topological polar surface area (TPSA) is 57.1 Å². The van der Waals surface area contributed by atoms with Crippen molar-refractivity contribution >= 4 is 11.7 Å². The van der Waals surface area contributed by atoms with Crippen LogP contribution in [0.5, 0.6) is 11.5 Å². The van der Waals surface area contributed by atoms with Gasteiger partial charge in [-0.05, 0) is 25.1 Å². The van der Waals surface area contributed by atoms with E-state index in [4.69, 9.17) is 9.47 Å². The Morgan fingerprint density at radius 3 is 2.41 bits per heavy atom. The van der Waals surface area contributed by atoms with Crippen molar-refractivity contribution in [3.05, 3.63) is 23.8 Å². The molecule has 5 nitrogen and oxygen atoms in total. The average Bonchev–Trinajstić information content (AvgIpc) is 2.34. The molecular weight excluding hydrogens is 222 g/mol. The molecule has 0 unspecified atom stereocenters. The lowest BCUT2D eigenvalue weighted by Gasteiger charge is -2.09. The molecule has 17 heavy (non-hydrogen) atoms. The van der Waals surface area contributed by atoms with Gasteiger partial charge in [0.15, 0.2) is 0 Å². The molecule has 0 fully saturated rings. The van der Waals surface area contributed by atoms with Crippen LogP contribution in [0.25, 0.3) is 0 Å². The first-order valence-electron chi connectivity index (χ1n) is 5.03. The molecule has 0 atom stereocenters. The zero-order chi connectivity index (χ0) is 12.8. The minimum absolute atomic E-state index is 0.466. The van der Waals surface area contributed by atoms with Gasteiger partial charge in [0.2, 0.25) is 0 Å². The number of hydrogen-bond donors (Lipinski definition) is 0. The fraction of sp³-hybridized carbons (Fsp3) is 0.333. The molecule has 0 amide bonds. The minimum Gasteiger partial charge on any atom is -0.497 e. The number of carbonyl (C=O) groups is 1. The number of nitrogens with zero attached hydrogens (tertiary/aromatic N) is 1. The van der Waals surface area contributed by atoms with Crippen LogP contribution >= 0.6 is 0 Å². The molecule has 0 aliphatic rings. The number of methoxy groups -OCH3 is 2. The highest BCUT2D eigenvalue weighted by Gasteiger charge is 2.09. The third-order valence-corrected chi connectivity index (χ3v) is 2.11. The molecule has 0 heterocycles. The summed E-state index contributed by atoms with van der Waals surface area (Å²) < 4.78 is 10.3. The van der Waals surface area contributed by atoms with Gasteiger partial charge in [0.1, 0.15) is 11.5 Å². The predicted octanol–water partition coefficient (Wildman–Crippen LogP) is 1.99. The quantitative estimate of drug-likeness (QED) is 0.456. The van der Waals surface area contributed by atoms with Gasteiger partial charge in [0.25, 0.3) is 0 Å². The molecule has 0 aromatic heterocycles. The van der Waals surface area contributed by atoms with Crippen molar-refractivity contribution in [2.75, 3.05) is 14.2 Å². The van der Waals surface area contributed by atoms with Gasteiger partial charge >= 0.3 is 5.97 Å². The molecule has 1 rings (SSSR count). The van der Waals surface area contributed by atoms with Gasteiger partial charge in [-0.3, -0.25) is 0 Å². The van der Waals surface area contributed by atoms with Crippen LogP contribution < -0.4 is 9.47 Å². The molecule has 0 bridgehead atoms. The van der Waals surface area contributed by atoms with Crippen LogP contribution in [0.15, 0.2) is 23.4 Å². The van der Waals surface area contributed by atoms with Crippen LogP contribution in [-0.2, 0) is 9.63 Å². The Morgan fingerprint density at radius 2 is 1.88 bits per heavy atom. The van der Waals surface area contributed by atoms with E-state index in [9.17, 15) is 4.79 Å². The lowest BCUT2D eigenvalue weighted by atomic mass is 10.1. The summed E-state index contributed by atoms with van der Waals surface area (Å²) in [7, 11) is 3.13. The SMILES string of the molecule is COc1ccc(OC)c(/C(C)=N/OC(C)=O)c1. The van der Waals surface area contributed by atoms with Crippen molar-refractivity contribution in [3.8, 4) is 11.5 Å². The summed E-state index contributed by atoms with van der Waals surface area (Å²) in [6.07, 6.45) is 0. The Balaban J connectivity index is 3.08. The van der Waals surface area contributed by atoms with Gasteiger partial charge in [-0.2, -0.15) is 0 Å². The predicted molar refractivity (Wildman–Crippen MR) is 63.5 cm³/mol. The molecule has 0 spiro atoms. The van der Waals surface area contributed by atoms with Crippen molar-refractivity contribution in [2.45, 2.75) is 13.8 Å². The zero-order valence-electron chi connectivity index (χ0n) is 10.3. The van der Waals surface area contributed by atoms with Gasteiger partial charge < -0.3 is 14.3 Å². The number of benzene rings is 1. The molecule has 1 aromatic carbocycles. The molecule has 0 saturated heterocycles. The minimum atomic E-state index is -0.466. The fourth-order valence-electron chi connectivity index (χ4n) is 1.28. The van der Waals surface area contributed by atoms with Crippen molar-refractivity contribution < 1.29 is 19.1 Å². The van der Waals surface area contributed by atoms with E-state index in [0.717, 1.165) is 0 Å². The summed E-state index contributed by atoms with van der Waals surface area (Å²) in [5.74, 6) is 0.851. The first-order valence-corrected chi connectivity index (χ1v) is 5.03. The lowest BCUT2D eigenvalue weighted by molar-refractivity contribution is -0.140. The van der Waals surface area contributed by atoms with Crippen LogP contribution in [0.3, 0.4) is 0 Å². The van der Waals surface area contributed by atoms with Gasteiger partial charge in [-0.15, -0.1) is 0 Å². The highest BCUT2D eigenvalue weighted by atomic mass is 16.7. The average molecular weight is 237 g/mol. The van der Waals surface area contributed by atoms with Crippen LogP contribution in [0.4, 0.5) is 0 Å². The maximum atomic E-state index is 10.7. The van der Waals surface area contributed by atoms with Gasteiger partial charge in [-0.1, -0.05) is 5.16 Å². The smallest absolute Gasteiger partial charge is 0.331 e. The van der Waals surface area contributed by atoms with E-state index in [2.05, 4.69) is 9.99 Å². The number of carbonyl (C=O) groups excluding carboxylic acids is 1. The van der Waals surface area contributed by atoms with Crippen LogP contribution in [0.1, 0.15) is 19.4 Å². The van der Waals surface area contributed by atoms with Crippen LogP contribution in [-0.4, -0.2) is 25.9 Å². The van der Waals surface area contributed by atoms with Crippen LogP contribution in [0, 0.1) is 0 Å². The number of ether oxygens (including phenoxy) is 2. The summed E-state index contributed by atoms with van der Waals surface area (Å²) in [5.41, 5.74) is 1.25. The van der Waals surface area contributed by atoms with E-state index in [1.807, 2.05) is 0 Å². The Kier molecular flexibility index (Phi) is 4.51. The number of hydrogen-bond acceptors (Lipinski definition) is 5. The Hall–Kier alpha value is -2.04. The van der Waals surface area contributed by atoms with E-state index in [0.29, 0.717) is 22.8 Å². The second-order valence-electron chi connectivity index (χ2n) is 3.33. The molecule has 5 heteroatoms. The highest BCUT2D eigenvalue weighted by molar-refractivity contribution is 6.01. The Morgan fingerprint density at radius 1 is 1.18 bits per heavy atom. The van der Waals surface area contributed by atoms with Gasteiger partial charge in [-0.25, -0.2) is 4.79 Å². The zero-order valence-corrected chi connectivity index (χ0v) is 10.3.